The van der Waals surface area contributed by atoms with Gasteiger partial charge in [-0.25, -0.2) is 0 Å². The summed E-state index contributed by atoms with van der Waals surface area (Å²) in [6, 6.07) is 0.705. The monoisotopic (exact) mass is 157 g/mol. The van der Waals surface area contributed by atoms with E-state index in [1.807, 2.05) is 0 Å². The maximum atomic E-state index is 3.49. The topological polar surface area (TPSA) is 12.0 Å². The molecule has 0 saturated carbocycles. The lowest BCUT2D eigenvalue weighted by molar-refractivity contribution is 0.510. The van der Waals surface area contributed by atoms with E-state index in [0.29, 0.717) is 6.04 Å². The van der Waals surface area contributed by atoms with Crippen LogP contribution in [0.25, 0.3) is 0 Å². The lowest BCUT2D eigenvalue weighted by Crippen LogP contribution is -2.25. The fourth-order valence-electron chi connectivity index (χ4n) is 1.04. The SMILES string of the molecule is CCCCCCN[C@@H](C)CC. The molecule has 0 amide bonds. The number of hydrogen-bond acceptors (Lipinski definition) is 1. The van der Waals surface area contributed by atoms with Crippen LogP contribution >= 0.6 is 0 Å². The van der Waals surface area contributed by atoms with Gasteiger partial charge in [-0.1, -0.05) is 33.1 Å². The maximum absolute atomic E-state index is 3.49. The third-order valence-electron chi connectivity index (χ3n) is 2.14. The Morgan fingerprint density at radius 2 is 1.82 bits per heavy atom. The second-order valence-corrected chi connectivity index (χ2v) is 3.32. The fraction of sp³-hybridized carbons (Fsp3) is 1.00. The summed E-state index contributed by atoms with van der Waals surface area (Å²) in [6.45, 7) is 7.93. The van der Waals surface area contributed by atoms with Crippen molar-refractivity contribution in [1.82, 2.24) is 5.32 Å². The smallest absolute Gasteiger partial charge is 0.00360 e. The van der Waals surface area contributed by atoms with Crippen LogP contribution in [0.15, 0.2) is 0 Å². The molecule has 0 bridgehead atoms. The van der Waals surface area contributed by atoms with Crippen LogP contribution in [0.5, 0.6) is 0 Å². The van der Waals surface area contributed by atoms with Crippen LogP contribution < -0.4 is 5.32 Å². The zero-order valence-electron chi connectivity index (χ0n) is 8.32. The molecule has 0 fully saturated rings. The summed E-state index contributed by atoms with van der Waals surface area (Å²) in [6.07, 6.45) is 6.71. The van der Waals surface area contributed by atoms with Gasteiger partial charge in [-0.05, 0) is 26.3 Å². The highest BCUT2D eigenvalue weighted by Crippen LogP contribution is 1.97. The molecule has 0 aliphatic heterocycles. The van der Waals surface area contributed by atoms with Gasteiger partial charge in [-0.3, -0.25) is 0 Å². The maximum Gasteiger partial charge on any atom is 0.00360 e. The van der Waals surface area contributed by atoms with Gasteiger partial charge < -0.3 is 5.32 Å². The average molecular weight is 157 g/mol. The Morgan fingerprint density at radius 1 is 1.09 bits per heavy atom. The number of nitrogens with one attached hydrogen (secondary N) is 1. The molecule has 0 radical (unpaired) electrons. The van der Waals surface area contributed by atoms with E-state index in [9.17, 15) is 0 Å². The van der Waals surface area contributed by atoms with Gasteiger partial charge in [-0.2, -0.15) is 0 Å². The Labute approximate surface area is 71.6 Å². The highest BCUT2D eigenvalue weighted by Gasteiger charge is 1.94. The minimum Gasteiger partial charge on any atom is -0.314 e. The number of rotatable bonds is 7. The zero-order valence-corrected chi connectivity index (χ0v) is 8.32. The molecular weight excluding hydrogens is 134 g/mol. The van der Waals surface area contributed by atoms with Crippen molar-refractivity contribution in [3.63, 3.8) is 0 Å². The summed E-state index contributed by atoms with van der Waals surface area (Å²) in [5.74, 6) is 0. The van der Waals surface area contributed by atoms with Crippen LogP contribution in [0.4, 0.5) is 0 Å². The lowest BCUT2D eigenvalue weighted by atomic mass is 10.2. The minimum atomic E-state index is 0.705. The molecule has 1 atom stereocenters. The first-order valence-corrected chi connectivity index (χ1v) is 5.04. The van der Waals surface area contributed by atoms with Crippen molar-refractivity contribution < 1.29 is 0 Å². The second kappa shape index (κ2) is 8.06. The lowest BCUT2D eigenvalue weighted by Gasteiger charge is -2.10. The second-order valence-electron chi connectivity index (χ2n) is 3.32. The van der Waals surface area contributed by atoms with E-state index in [1.54, 1.807) is 0 Å². The highest BCUT2D eigenvalue weighted by molar-refractivity contribution is 4.56. The predicted octanol–water partition coefficient (Wildman–Crippen LogP) is 2.95. The van der Waals surface area contributed by atoms with Crippen LogP contribution in [0.2, 0.25) is 0 Å². The molecule has 11 heavy (non-hydrogen) atoms. The first-order chi connectivity index (χ1) is 5.31. The van der Waals surface area contributed by atoms with Crippen molar-refractivity contribution in [3.8, 4) is 0 Å². The van der Waals surface area contributed by atoms with E-state index < -0.39 is 0 Å². The Bertz CT molecular complexity index is 71.3. The summed E-state index contributed by atoms with van der Waals surface area (Å²) in [4.78, 5) is 0. The summed E-state index contributed by atoms with van der Waals surface area (Å²) in [5.41, 5.74) is 0. The van der Waals surface area contributed by atoms with Gasteiger partial charge in [-0.15, -0.1) is 0 Å². The molecule has 1 N–H and O–H groups in total. The van der Waals surface area contributed by atoms with Gasteiger partial charge in [0.2, 0.25) is 0 Å². The third-order valence-corrected chi connectivity index (χ3v) is 2.14. The number of hydrogen-bond donors (Lipinski definition) is 1. The predicted molar refractivity (Wildman–Crippen MR) is 51.9 cm³/mol. The zero-order chi connectivity index (χ0) is 8.53. The minimum absolute atomic E-state index is 0.705. The molecule has 0 spiro atoms. The van der Waals surface area contributed by atoms with Crippen molar-refractivity contribution in [2.24, 2.45) is 0 Å². The molecule has 0 aromatic rings. The average Bonchev–Trinajstić information content (AvgIpc) is 2.04. The Morgan fingerprint density at radius 3 is 2.36 bits per heavy atom. The van der Waals surface area contributed by atoms with Crippen LogP contribution in [0.3, 0.4) is 0 Å². The molecule has 0 aromatic heterocycles. The molecule has 0 saturated heterocycles. The van der Waals surface area contributed by atoms with Gasteiger partial charge in [0.1, 0.15) is 0 Å². The van der Waals surface area contributed by atoms with E-state index >= 15 is 0 Å². The molecular formula is C10H23N. The summed E-state index contributed by atoms with van der Waals surface area (Å²) in [5, 5.41) is 3.49. The molecule has 1 nitrogen and oxygen atoms in total. The fourth-order valence-corrected chi connectivity index (χ4v) is 1.04. The van der Waals surface area contributed by atoms with Crippen molar-refractivity contribution in [1.29, 1.82) is 0 Å². The van der Waals surface area contributed by atoms with Gasteiger partial charge in [0.05, 0.1) is 0 Å². The van der Waals surface area contributed by atoms with Gasteiger partial charge >= 0.3 is 0 Å². The molecule has 1 heteroatoms. The van der Waals surface area contributed by atoms with E-state index in [1.165, 1.54) is 38.6 Å². The molecule has 0 heterocycles. The standard InChI is InChI=1S/C10H23N/c1-4-6-7-8-9-11-10(3)5-2/h10-11H,4-9H2,1-3H3/t10-/m0/s1. The first kappa shape index (κ1) is 11.0. The first-order valence-electron chi connectivity index (χ1n) is 5.04. The van der Waals surface area contributed by atoms with Crippen molar-refractivity contribution in [2.45, 2.75) is 58.9 Å². The van der Waals surface area contributed by atoms with E-state index in [4.69, 9.17) is 0 Å². The summed E-state index contributed by atoms with van der Waals surface area (Å²) in [7, 11) is 0. The van der Waals surface area contributed by atoms with E-state index in [-0.39, 0.29) is 0 Å². The van der Waals surface area contributed by atoms with Crippen molar-refractivity contribution in [3.05, 3.63) is 0 Å². The Balaban J connectivity index is 2.89. The number of unbranched alkanes of at least 4 members (excludes halogenated alkanes) is 3. The van der Waals surface area contributed by atoms with Gasteiger partial charge in [0, 0.05) is 6.04 Å². The van der Waals surface area contributed by atoms with Crippen LogP contribution in [-0.2, 0) is 0 Å². The molecule has 0 aliphatic rings. The molecule has 0 rings (SSSR count). The van der Waals surface area contributed by atoms with Gasteiger partial charge in [0.25, 0.3) is 0 Å². The molecule has 0 unspecified atom stereocenters. The largest absolute Gasteiger partial charge is 0.314 e. The Hall–Kier alpha value is -0.0400. The van der Waals surface area contributed by atoms with Crippen molar-refractivity contribution in [2.75, 3.05) is 6.54 Å². The summed E-state index contributed by atoms with van der Waals surface area (Å²) >= 11 is 0. The van der Waals surface area contributed by atoms with E-state index in [0.717, 1.165) is 0 Å². The highest BCUT2D eigenvalue weighted by atomic mass is 14.9. The van der Waals surface area contributed by atoms with Crippen LogP contribution in [-0.4, -0.2) is 12.6 Å². The van der Waals surface area contributed by atoms with Crippen LogP contribution in [0, 0.1) is 0 Å². The van der Waals surface area contributed by atoms with Crippen LogP contribution in [0.1, 0.15) is 52.9 Å². The normalized spacial score (nSPS) is 13.4. The molecule has 68 valence electrons. The Kier molecular flexibility index (Phi) is 8.03. The third kappa shape index (κ3) is 7.86. The molecule has 0 aromatic carbocycles. The molecule has 0 aliphatic carbocycles. The quantitative estimate of drug-likeness (QED) is 0.560. The van der Waals surface area contributed by atoms with Gasteiger partial charge in [0.15, 0.2) is 0 Å². The summed E-state index contributed by atoms with van der Waals surface area (Å²) < 4.78 is 0. The van der Waals surface area contributed by atoms with E-state index in [2.05, 4.69) is 26.1 Å². The van der Waals surface area contributed by atoms with Crippen molar-refractivity contribution >= 4 is 0 Å².